The summed E-state index contributed by atoms with van der Waals surface area (Å²) in [4.78, 5) is 17.0. The van der Waals surface area contributed by atoms with Crippen molar-refractivity contribution >= 4 is 16.8 Å². The maximum Gasteiger partial charge on any atom is 0.243 e. The number of hydrogen-bond acceptors (Lipinski definition) is 3. The molecule has 5 nitrogen and oxygen atoms in total. The maximum atomic E-state index is 10.9. The van der Waals surface area contributed by atoms with E-state index in [2.05, 4.69) is 34.1 Å². The molecule has 0 fully saturated rings. The molecule has 0 unspecified atom stereocenters. The Morgan fingerprint density at radius 1 is 1.17 bits per heavy atom. The van der Waals surface area contributed by atoms with Crippen LogP contribution in [0.2, 0.25) is 0 Å². The van der Waals surface area contributed by atoms with Crippen LogP contribution in [0, 0.1) is 0 Å². The zero-order valence-electron chi connectivity index (χ0n) is 14.2. The zero-order chi connectivity index (χ0) is 16.8. The standard InChI is InChI=1S/C19H27N3O2/c23-19(21-24)10-4-2-1-3-7-12-22-13-11-16-15-8-5-6-9-17(15)20-18(16)14-22/h5-6,8-9,20,24H,1-4,7,10-14H2,(H,21,23). The van der Waals surface area contributed by atoms with E-state index in [4.69, 9.17) is 5.21 Å². The Labute approximate surface area is 143 Å². The lowest BCUT2D eigenvalue weighted by Crippen LogP contribution is -2.31. The highest BCUT2D eigenvalue weighted by atomic mass is 16.5. The molecule has 24 heavy (non-hydrogen) atoms. The topological polar surface area (TPSA) is 68.4 Å². The first kappa shape index (κ1) is 17.0. The molecule has 1 aliphatic heterocycles. The van der Waals surface area contributed by atoms with Gasteiger partial charge in [0.05, 0.1) is 0 Å². The monoisotopic (exact) mass is 329 g/mol. The van der Waals surface area contributed by atoms with E-state index in [1.54, 1.807) is 5.48 Å². The third kappa shape index (κ3) is 4.16. The maximum absolute atomic E-state index is 10.9. The molecule has 0 saturated heterocycles. The minimum atomic E-state index is -0.280. The molecule has 0 bridgehead atoms. The van der Waals surface area contributed by atoms with E-state index in [0.29, 0.717) is 6.42 Å². The van der Waals surface area contributed by atoms with Gasteiger partial charge in [0.25, 0.3) is 0 Å². The largest absolute Gasteiger partial charge is 0.357 e. The van der Waals surface area contributed by atoms with Gasteiger partial charge in [-0.25, -0.2) is 5.48 Å². The molecule has 1 aliphatic rings. The van der Waals surface area contributed by atoms with Crippen molar-refractivity contribution in [2.75, 3.05) is 13.1 Å². The highest BCUT2D eigenvalue weighted by Gasteiger charge is 2.19. The summed E-state index contributed by atoms with van der Waals surface area (Å²) in [7, 11) is 0. The first-order chi connectivity index (χ1) is 11.8. The van der Waals surface area contributed by atoms with Gasteiger partial charge in [-0.3, -0.25) is 14.9 Å². The minimum absolute atomic E-state index is 0.280. The molecule has 130 valence electrons. The van der Waals surface area contributed by atoms with E-state index in [1.807, 2.05) is 0 Å². The number of fused-ring (bicyclic) bond motifs is 3. The number of aromatic amines is 1. The van der Waals surface area contributed by atoms with Gasteiger partial charge in [-0.05, 0) is 37.4 Å². The molecule has 1 aromatic carbocycles. The Morgan fingerprint density at radius 3 is 2.83 bits per heavy atom. The van der Waals surface area contributed by atoms with Crippen LogP contribution in [0.4, 0.5) is 0 Å². The predicted octanol–water partition coefficient (Wildman–Crippen LogP) is 3.37. The van der Waals surface area contributed by atoms with Crippen molar-refractivity contribution in [1.82, 2.24) is 15.4 Å². The van der Waals surface area contributed by atoms with Gasteiger partial charge in [0.15, 0.2) is 0 Å². The number of unbranched alkanes of at least 4 members (excludes halogenated alkanes) is 4. The zero-order valence-corrected chi connectivity index (χ0v) is 14.2. The van der Waals surface area contributed by atoms with E-state index in [-0.39, 0.29) is 5.91 Å². The highest BCUT2D eigenvalue weighted by Crippen LogP contribution is 2.27. The van der Waals surface area contributed by atoms with Gasteiger partial charge in [0, 0.05) is 36.1 Å². The molecule has 2 aromatic rings. The van der Waals surface area contributed by atoms with E-state index in [1.165, 1.54) is 35.0 Å². The Hall–Kier alpha value is -1.85. The number of carbonyl (C=O) groups excluding carboxylic acids is 1. The number of benzene rings is 1. The predicted molar refractivity (Wildman–Crippen MR) is 94.9 cm³/mol. The molecule has 0 spiro atoms. The Bertz CT molecular complexity index is 680. The average Bonchev–Trinajstić information content (AvgIpc) is 2.98. The van der Waals surface area contributed by atoms with Crippen LogP contribution >= 0.6 is 0 Å². The second kappa shape index (κ2) is 8.31. The third-order valence-electron chi connectivity index (χ3n) is 4.96. The molecular formula is C19H27N3O2. The number of nitrogens with zero attached hydrogens (tertiary/aromatic N) is 1. The Balaban J connectivity index is 1.37. The summed E-state index contributed by atoms with van der Waals surface area (Å²) in [6.45, 7) is 3.32. The molecular weight excluding hydrogens is 302 g/mol. The van der Waals surface area contributed by atoms with Crippen LogP contribution in [0.3, 0.4) is 0 Å². The fraction of sp³-hybridized carbons (Fsp3) is 0.526. The number of carbonyl (C=O) groups is 1. The van der Waals surface area contributed by atoms with E-state index >= 15 is 0 Å². The van der Waals surface area contributed by atoms with Crippen LogP contribution in [0.1, 0.15) is 49.8 Å². The fourth-order valence-corrected chi connectivity index (χ4v) is 3.65. The summed E-state index contributed by atoms with van der Waals surface area (Å²) in [5.41, 5.74) is 5.83. The fourth-order valence-electron chi connectivity index (χ4n) is 3.65. The molecule has 0 aliphatic carbocycles. The number of rotatable bonds is 8. The summed E-state index contributed by atoms with van der Waals surface area (Å²) in [5, 5.41) is 9.82. The van der Waals surface area contributed by atoms with Gasteiger partial charge >= 0.3 is 0 Å². The number of nitrogens with one attached hydrogen (secondary N) is 2. The minimum Gasteiger partial charge on any atom is -0.357 e. The number of hydrogen-bond donors (Lipinski definition) is 3. The van der Waals surface area contributed by atoms with Crippen LogP contribution in [0.25, 0.3) is 10.9 Å². The molecule has 0 saturated carbocycles. The molecule has 1 amide bonds. The average molecular weight is 329 g/mol. The second-order valence-electron chi connectivity index (χ2n) is 6.71. The number of aromatic nitrogens is 1. The van der Waals surface area contributed by atoms with Gasteiger partial charge in [0.1, 0.15) is 0 Å². The van der Waals surface area contributed by atoms with Crippen molar-refractivity contribution in [1.29, 1.82) is 0 Å². The number of hydroxylamine groups is 1. The van der Waals surface area contributed by atoms with Crippen LogP contribution in [-0.2, 0) is 17.8 Å². The summed E-state index contributed by atoms with van der Waals surface area (Å²) in [6, 6.07) is 8.59. The normalized spacial score (nSPS) is 14.7. The quantitative estimate of drug-likeness (QED) is 0.395. The number of H-pyrrole nitrogens is 1. The van der Waals surface area contributed by atoms with E-state index in [0.717, 1.165) is 45.3 Å². The summed E-state index contributed by atoms with van der Waals surface area (Å²) in [6.07, 6.45) is 7.04. The Kier molecular flexibility index (Phi) is 5.88. The molecule has 5 heteroatoms. The van der Waals surface area contributed by atoms with Gasteiger partial charge in [-0.2, -0.15) is 0 Å². The lowest BCUT2D eigenvalue weighted by atomic mass is 10.0. The molecule has 0 radical (unpaired) electrons. The molecule has 3 N–H and O–H groups in total. The molecule has 0 atom stereocenters. The van der Waals surface area contributed by atoms with Crippen molar-refractivity contribution < 1.29 is 10.0 Å². The summed E-state index contributed by atoms with van der Waals surface area (Å²) >= 11 is 0. The van der Waals surface area contributed by atoms with Crippen LogP contribution < -0.4 is 5.48 Å². The van der Waals surface area contributed by atoms with Crippen molar-refractivity contribution in [3.63, 3.8) is 0 Å². The van der Waals surface area contributed by atoms with Gasteiger partial charge < -0.3 is 4.98 Å². The van der Waals surface area contributed by atoms with E-state index < -0.39 is 0 Å². The van der Waals surface area contributed by atoms with Crippen molar-refractivity contribution in [3.8, 4) is 0 Å². The van der Waals surface area contributed by atoms with E-state index in [9.17, 15) is 4.79 Å². The lowest BCUT2D eigenvalue weighted by molar-refractivity contribution is -0.129. The molecule has 2 heterocycles. The second-order valence-corrected chi connectivity index (χ2v) is 6.71. The van der Waals surface area contributed by atoms with Crippen molar-refractivity contribution in [2.24, 2.45) is 0 Å². The van der Waals surface area contributed by atoms with Crippen molar-refractivity contribution in [3.05, 3.63) is 35.5 Å². The highest BCUT2D eigenvalue weighted by molar-refractivity contribution is 5.84. The molecule has 3 rings (SSSR count). The SMILES string of the molecule is O=C(CCCCCCCN1CCc2c([nH]c3ccccc23)C1)NO. The third-order valence-corrected chi connectivity index (χ3v) is 4.96. The summed E-state index contributed by atoms with van der Waals surface area (Å²) < 4.78 is 0. The Morgan fingerprint density at radius 2 is 1.96 bits per heavy atom. The number of amides is 1. The van der Waals surface area contributed by atoms with Crippen molar-refractivity contribution in [2.45, 2.75) is 51.5 Å². The van der Waals surface area contributed by atoms with Crippen LogP contribution in [0.5, 0.6) is 0 Å². The molecule has 1 aromatic heterocycles. The number of para-hydroxylation sites is 1. The van der Waals surface area contributed by atoms with Gasteiger partial charge in [0.2, 0.25) is 5.91 Å². The van der Waals surface area contributed by atoms with Gasteiger partial charge in [-0.1, -0.05) is 37.5 Å². The summed E-state index contributed by atoms with van der Waals surface area (Å²) in [5.74, 6) is -0.280. The van der Waals surface area contributed by atoms with Crippen LogP contribution in [-0.4, -0.2) is 34.1 Å². The first-order valence-electron chi connectivity index (χ1n) is 9.01. The smallest absolute Gasteiger partial charge is 0.243 e. The van der Waals surface area contributed by atoms with Gasteiger partial charge in [-0.15, -0.1) is 0 Å². The van der Waals surface area contributed by atoms with Crippen LogP contribution in [0.15, 0.2) is 24.3 Å². The lowest BCUT2D eigenvalue weighted by Gasteiger charge is -2.26. The first-order valence-corrected chi connectivity index (χ1v) is 9.01.